The van der Waals surface area contributed by atoms with Crippen molar-refractivity contribution in [2.45, 2.75) is 44.6 Å². The summed E-state index contributed by atoms with van der Waals surface area (Å²) >= 11 is 0. The van der Waals surface area contributed by atoms with E-state index in [1.807, 2.05) is 13.8 Å². The van der Waals surface area contributed by atoms with Gasteiger partial charge in [0.2, 0.25) is 0 Å². The summed E-state index contributed by atoms with van der Waals surface area (Å²) in [5.74, 6) is 0.183. The standard InChI is InChI=1S/C11H17N3O3/c1-3-11(2)7(15)6-9(17-11)14-5-4-8(12)13-10(14)16/h4-5,7,9,15H,3,6H2,1-2H3,(H2,12,13,16)/t7-,9+,11+/m0/s1. The molecule has 1 aromatic heterocycles. The highest BCUT2D eigenvalue weighted by Crippen LogP contribution is 2.37. The van der Waals surface area contributed by atoms with Crippen molar-refractivity contribution in [3.05, 3.63) is 22.7 Å². The first-order chi connectivity index (χ1) is 7.96. The van der Waals surface area contributed by atoms with Crippen LogP contribution < -0.4 is 11.4 Å². The third-order valence-corrected chi connectivity index (χ3v) is 3.40. The lowest BCUT2D eigenvalue weighted by atomic mass is 9.96. The van der Waals surface area contributed by atoms with Crippen LogP contribution in [0.5, 0.6) is 0 Å². The Bertz CT molecular complexity index is 473. The predicted octanol–water partition coefficient (Wildman–Crippen LogP) is 0.274. The topological polar surface area (TPSA) is 90.4 Å². The van der Waals surface area contributed by atoms with E-state index < -0.39 is 23.6 Å². The fourth-order valence-electron chi connectivity index (χ4n) is 2.01. The molecule has 1 saturated heterocycles. The van der Waals surface area contributed by atoms with Crippen molar-refractivity contribution in [2.24, 2.45) is 0 Å². The van der Waals surface area contributed by atoms with Gasteiger partial charge in [-0.15, -0.1) is 0 Å². The van der Waals surface area contributed by atoms with Crippen molar-refractivity contribution < 1.29 is 9.84 Å². The van der Waals surface area contributed by atoms with Crippen LogP contribution in [-0.2, 0) is 4.74 Å². The molecular weight excluding hydrogens is 222 g/mol. The van der Waals surface area contributed by atoms with Gasteiger partial charge in [0.25, 0.3) is 0 Å². The largest absolute Gasteiger partial charge is 0.390 e. The Morgan fingerprint density at radius 2 is 2.47 bits per heavy atom. The zero-order valence-electron chi connectivity index (χ0n) is 9.96. The van der Waals surface area contributed by atoms with E-state index in [-0.39, 0.29) is 5.82 Å². The molecule has 1 aliphatic heterocycles. The first kappa shape index (κ1) is 12.1. The normalized spacial score (nSPS) is 32.9. The summed E-state index contributed by atoms with van der Waals surface area (Å²) in [6.07, 6.45) is 1.55. The van der Waals surface area contributed by atoms with Crippen molar-refractivity contribution in [1.29, 1.82) is 0 Å². The average molecular weight is 239 g/mol. The molecule has 1 aromatic rings. The molecule has 0 bridgehead atoms. The SMILES string of the molecule is CC[C@@]1(C)O[C@@H](n2ccc(N)nc2=O)C[C@@H]1O. The quantitative estimate of drug-likeness (QED) is 0.773. The summed E-state index contributed by atoms with van der Waals surface area (Å²) in [6.45, 7) is 3.78. The van der Waals surface area contributed by atoms with E-state index in [2.05, 4.69) is 4.98 Å². The minimum atomic E-state index is -0.606. The molecule has 6 nitrogen and oxygen atoms in total. The number of nitrogens with two attached hydrogens (primary N) is 1. The Hall–Kier alpha value is -1.40. The second kappa shape index (κ2) is 4.12. The predicted molar refractivity (Wildman–Crippen MR) is 62.4 cm³/mol. The summed E-state index contributed by atoms with van der Waals surface area (Å²) in [5, 5.41) is 9.94. The monoisotopic (exact) mass is 239 g/mol. The van der Waals surface area contributed by atoms with E-state index in [1.54, 1.807) is 12.3 Å². The maximum atomic E-state index is 11.6. The Kier molecular flexibility index (Phi) is 2.92. The van der Waals surface area contributed by atoms with Crippen LogP contribution in [-0.4, -0.2) is 26.4 Å². The number of aliphatic hydroxyl groups is 1. The lowest BCUT2D eigenvalue weighted by Crippen LogP contribution is -2.35. The lowest BCUT2D eigenvalue weighted by molar-refractivity contribution is -0.0933. The number of ether oxygens (including phenoxy) is 1. The van der Waals surface area contributed by atoms with Gasteiger partial charge in [0.15, 0.2) is 0 Å². The molecule has 0 aliphatic carbocycles. The Morgan fingerprint density at radius 3 is 3.00 bits per heavy atom. The first-order valence-corrected chi connectivity index (χ1v) is 5.67. The molecule has 0 aromatic carbocycles. The maximum Gasteiger partial charge on any atom is 0.351 e. The zero-order valence-corrected chi connectivity index (χ0v) is 9.96. The number of aliphatic hydroxyl groups excluding tert-OH is 1. The van der Waals surface area contributed by atoms with Crippen LogP contribution in [0.2, 0.25) is 0 Å². The molecule has 2 rings (SSSR count). The van der Waals surface area contributed by atoms with E-state index in [0.717, 1.165) is 0 Å². The van der Waals surface area contributed by atoms with E-state index in [1.165, 1.54) is 4.57 Å². The first-order valence-electron chi connectivity index (χ1n) is 5.67. The molecule has 0 spiro atoms. The lowest BCUT2D eigenvalue weighted by Gasteiger charge is -2.26. The van der Waals surface area contributed by atoms with Gasteiger partial charge in [-0.1, -0.05) is 6.92 Å². The summed E-state index contributed by atoms with van der Waals surface area (Å²) in [6, 6.07) is 1.54. The smallest absolute Gasteiger partial charge is 0.351 e. The number of nitrogens with zero attached hydrogens (tertiary/aromatic N) is 2. The second-order valence-electron chi connectivity index (χ2n) is 4.53. The van der Waals surface area contributed by atoms with Crippen molar-refractivity contribution in [3.63, 3.8) is 0 Å². The van der Waals surface area contributed by atoms with E-state index in [4.69, 9.17) is 10.5 Å². The molecule has 3 atom stereocenters. The highest BCUT2D eigenvalue weighted by molar-refractivity contribution is 5.23. The number of aromatic nitrogens is 2. The van der Waals surface area contributed by atoms with Gasteiger partial charge in [-0.2, -0.15) is 4.98 Å². The van der Waals surface area contributed by atoms with Crippen molar-refractivity contribution in [3.8, 4) is 0 Å². The molecule has 0 radical (unpaired) electrons. The van der Waals surface area contributed by atoms with Gasteiger partial charge < -0.3 is 15.6 Å². The number of anilines is 1. The highest BCUT2D eigenvalue weighted by atomic mass is 16.5. The van der Waals surface area contributed by atoms with Gasteiger partial charge in [-0.25, -0.2) is 4.79 Å². The molecule has 17 heavy (non-hydrogen) atoms. The Morgan fingerprint density at radius 1 is 1.76 bits per heavy atom. The van der Waals surface area contributed by atoms with E-state index in [0.29, 0.717) is 12.8 Å². The Labute approximate surface area is 99.0 Å². The molecule has 1 aliphatic rings. The van der Waals surface area contributed by atoms with Gasteiger partial charge >= 0.3 is 5.69 Å². The fraction of sp³-hybridized carbons (Fsp3) is 0.636. The molecule has 2 heterocycles. The molecule has 1 fully saturated rings. The number of hydrogen-bond acceptors (Lipinski definition) is 5. The second-order valence-corrected chi connectivity index (χ2v) is 4.53. The molecule has 3 N–H and O–H groups in total. The minimum Gasteiger partial charge on any atom is -0.390 e. The minimum absolute atomic E-state index is 0.183. The fourth-order valence-corrected chi connectivity index (χ4v) is 2.01. The van der Waals surface area contributed by atoms with Crippen LogP contribution in [0.1, 0.15) is 32.9 Å². The molecule has 6 heteroatoms. The van der Waals surface area contributed by atoms with Gasteiger partial charge in [0.05, 0.1) is 11.7 Å². The van der Waals surface area contributed by atoms with Crippen molar-refractivity contribution >= 4 is 5.82 Å². The summed E-state index contributed by atoms with van der Waals surface area (Å²) in [7, 11) is 0. The zero-order chi connectivity index (χ0) is 12.6. The average Bonchev–Trinajstić information content (AvgIpc) is 2.56. The van der Waals surface area contributed by atoms with Crippen LogP contribution in [0.4, 0.5) is 5.82 Å². The molecule has 0 saturated carbocycles. The summed E-state index contributed by atoms with van der Waals surface area (Å²) in [4.78, 5) is 15.3. The Balaban J connectivity index is 2.29. The molecular formula is C11H17N3O3. The molecule has 0 unspecified atom stereocenters. The molecule has 94 valence electrons. The van der Waals surface area contributed by atoms with Crippen molar-refractivity contribution in [2.75, 3.05) is 5.73 Å². The summed E-state index contributed by atoms with van der Waals surface area (Å²) < 4.78 is 7.11. The van der Waals surface area contributed by atoms with E-state index >= 15 is 0 Å². The van der Waals surface area contributed by atoms with Gasteiger partial charge in [0.1, 0.15) is 12.0 Å². The number of hydrogen-bond donors (Lipinski definition) is 2. The van der Waals surface area contributed by atoms with Gasteiger partial charge in [-0.3, -0.25) is 4.57 Å². The highest BCUT2D eigenvalue weighted by Gasteiger charge is 2.43. The van der Waals surface area contributed by atoms with Gasteiger partial charge in [0, 0.05) is 12.6 Å². The van der Waals surface area contributed by atoms with E-state index in [9.17, 15) is 9.90 Å². The summed E-state index contributed by atoms with van der Waals surface area (Å²) in [5.41, 5.74) is 4.36. The van der Waals surface area contributed by atoms with Crippen LogP contribution in [0.15, 0.2) is 17.1 Å². The third kappa shape index (κ3) is 2.05. The van der Waals surface area contributed by atoms with Crippen LogP contribution in [0, 0.1) is 0 Å². The van der Waals surface area contributed by atoms with Crippen LogP contribution in [0.3, 0.4) is 0 Å². The van der Waals surface area contributed by atoms with Crippen LogP contribution >= 0.6 is 0 Å². The van der Waals surface area contributed by atoms with Gasteiger partial charge in [-0.05, 0) is 19.4 Å². The number of rotatable bonds is 2. The number of nitrogen functional groups attached to an aromatic ring is 1. The molecule has 0 amide bonds. The third-order valence-electron chi connectivity index (χ3n) is 3.40. The van der Waals surface area contributed by atoms with Crippen molar-refractivity contribution in [1.82, 2.24) is 9.55 Å². The van der Waals surface area contributed by atoms with Crippen LogP contribution in [0.25, 0.3) is 0 Å². The maximum absolute atomic E-state index is 11.6.